The van der Waals surface area contributed by atoms with Gasteiger partial charge in [-0.15, -0.1) is 11.3 Å². The van der Waals surface area contributed by atoms with E-state index in [4.69, 9.17) is 11.6 Å². The topological polar surface area (TPSA) is 45.1 Å². The quantitative estimate of drug-likeness (QED) is 0.368. The predicted molar refractivity (Wildman–Crippen MR) is 110 cm³/mol. The van der Waals surface area contributed by atoms with E-state index >= 15 is 0 Å². The number of phenolic OH excluding ortho intramolecular Hbond substituents is 1. The van der Waals surface area contributed by atoms with Crippen molar-refractivity contribution in [2.45, 2.75) is 12.2 Å². The maximum Gasteiger partial charge on any atom is 0.417 e. The average Bonchev–Trinajstić information content (AvgIpc) is 3.22. The van der Waals surface area contributed by atoms with Crippen LogP contribution in [0.25, 0.3) is 10.9 Å². The molecular weight excluding hydrogens is 421 g/mol. The van der Waals surface area contributed by atoms with Crippen LogP contribution >= 0.6 is 22.9 Å². The van der Waals surface area contributed by atoms with Crippen molar-refractivity contribution < 1.29 is 18.3 Å². The molecule has 1 unspecified atom stereocenters. The zero-order chi connectivity index (χ0) is 20.6. The Hall–Kier alpha value is -2.77. The van der Waals surface area contributed by atoms with Crippen LogP contribution in [0.4, 0.5) is 18.9 Å². The molecule has 8 heteroatoms. The molecule has 0 bridgehead atoms. The van der Waals surface area contributed by atoms with Gasteiger partial charge in [-0.2, -0.15) is 13.2 Å². The van der Waals surface area contributed by atoms with E-state index in [0.717, 1.165) is 16.3 Å². The lowest BCUT2D eigenvalue weighted by atomic mass is 10.0. The van der Waals surface area contributed by atoms with Crippen LogP contribution in [0.2, 0.25) is 5.02 Å². The molecule has 0 saturated carbocycles. The van der Waals surface area contributed by atoms with Gasteiger partial charge in [-0.1, -0.05) is 35.9 Å². The van der Waals surface area contributed by atoms with Crippen molar-refractivity contribution >= 4 is 39.5 Å². The second-order valence-corrected chi connectivity index (χ2v) is 7.75. The molecule has 4 aromatic rings. The third kappa shape index (κ3) is 3.88. The fourth-order valence-electron chi connectivity index (χ4n) is 3.13. The van der Waals surface area contributed by atoms with Crippen LogP contribution in [0.5, 0.6) is 5.75 Å². The summed E-state index contributed by atoms with van der Waals surface area (Å²) in [7, 11) is 0. The molecule has 3 nitrogen and oxygen atoms in total. The summed E-state index contributed by atoms with van der Waals surface area (Å²) in [6.45, 7) is 0. The number of nitrogens with one attached hydrogen (secondary N) is 1. The molecule has 0 fully saturated rings. The minimum absolute atomic E-state index is 0.0148. The molecule has 0 amide bonds. The zero-order valence-electron chi connectivity index (χ0n) is 14.7. The number of anilines is 1. The van der Waals surface area contributed by atoms with Crippen molar-refractivity contribution in [3.63, 3.8) is 0 Å². The summed E-state index contributed by atoms with van der Waals surface area (Å²) in [6.07, 6.45) is -2.99. The fourth-order valence-corrected chi connectivity index (χ4v) is 4.15. The van der Waals surface area contributed by atoms with Gasteiger partial charge >= 0.3 is 6.18 Å². The lowest BCUT2D eigenvalue weighted by molar-refractivity contribution is -0.137. The van der Waals surface area contributed by atoms with E-state index in [2.05, 4.69) is 10.3 Å². The van der Waals surface area contributed by atoms with Crippen molar-refractivity contribution in [3.05, 3.63) is 87.2 Å². The number of phenols is 1. The Kier molecular flexibility index (Phi) is 5.10. The van der Waals surface area contributed by atoms with Gasteiger partial charge in [-0.05, 0) is 35.7 Å². The van der Waals surface area contributed by atoms with Gasteiger partial charge in [0.15, 0.2) is 0 Å². The number of nitrogens with zero attached hydrogens (tertiary/aromatic N) is 1. The van der Waals surface area contributed by atoms with Crippen LogP contribution in [0.1, 0.15) is 22.0 Å². The van der Waals surface area contributed by atoms with Gasteiger partial charge in [-0.3, -0.25) is 4.98 Å². The molecule has 1 atom stereocenters. The van der Waals surface area contributed by atoms with Crippen molar-refractivity contribution in [2.75, 3.05) is 5.32 Å². The molecule has 2 N–H and O–H groups in total. The molecule has 29 heavy (non-hydrogen) atoms. The first-order chi connectivity index (χ1) is 13.8. The van der Waals surface area contributed by atoms with E-state index in [1.54, 1.807) is 18.3 Å². The molecule has 0 radical (unpaired) electrons. The number of alkyl halides is 3. The van der Waals surface area contributed by atoms with Gasteiger partial charge < -0.3 is 10.4 Å². The lowest BCUT2D eigenvalue weighted by Gasteiger charge is -2.22. The summed E-state index contributed by atoms with van der Waals surface area (Å²) in [5, 5.41) is 16.2. The maximum absolute atomic E-state index is 13.2. The lowest BCUT2D eigenvalue weighted by Crippen LogP contribution is -2.13. The Morgan fingerprint density at radius 1 is 1.07 bits per heavy atom. The number of rotatable bonds is 4. The molecular formula is C21H14ClF3N2OS. The molecule has 4 rings (SSSR count). The van der Waals surface area contributed by atoms with Crippen LogP contribution in [0.3, 0.4) is 0 Å². The van der Waals surface area contributed by atoms with Gasteiger partial charge in [-0.25, -0.2) is 0 Å². The molecule has 0 saturated heterocycles. The number of pyridine rings is 1. The average molecular weight is 435 g/mol. The summed E-state index contributed by atoms with van der Waals surface area (Å²) in [4.78, 5) is 5.06. The molecule has 2 aromatic carbocycles. The van der Waals surface area contributed by atoms with Crippen LogP contribution in [0.15, 0.2) is 66.2 Å². The third-order valence-electron chi connectivity index (χ3n) is 4.50. The second kappa shape index (κ2) is 7.57. The van der Waals surface area contributed by atoms with E-state index in [1.807, 2.05) is 29.6 Å². The summed E-state index contributed by atoms with van der Waals surface area (Å²) in [6, 6.07) is 14.0. The van der Waals surface area contributed by atoms with Crippen LogP contribution in [-0.2, 0) is 6.18 Å². The zero-order valence-corrected chi connectivity index (χ0v) is 16.3. The first-order valence-electron chi connectivity index (χ1n) is 8.58. The number of hydrogen-bond donors (Lipinski definition) is 2. The maximum atomic E-state index is 13.2. The van der Waals surface area contributed by atoms with Gasteiger partial charge in [0.05, 0.1) is 16.6 Å². The minimum Gasteiger partial charge on any atom is -0.505 e. The van der Waals surface area contributed by atoms with Crippen LogP contribution < -0.4 is 5.32 Å². The highest BCUT2D eigenvalue weighted by atomic mass is 35.5. The molecule has 0 aliphatic rings. The molecule has 2 aromatic heterocycles. The Bertz CT molecular complexity index is 1160. The number of fused-ring (bicyclic) bond motifs is 1. The number of halogens is 4. The summed E-state index contributed by atoms with van der Waals surface area (Å²) in [5.74, 6) is -0.0148. The van der Waals surface area contributed by atoms with E-state index < -0.39 is 17.8 Å². The van der Waals surface area contributed by atoms with Gasteiger partial charge in [0.25, 0.3) is 0 Å². The Labute approximate surface area is 173 Å². The second-order valence-electron chi connectivity index (χ2n) is 6.36. The first-order valence-corrected chi connectivity index (χ1v) is 9.83. The third-order valence-corrected chi connectivity index (χ3v) is 5.77. The largest absolute Gasteiger partial charge is 0.505 e. The predicted octanol–water partition coefficient (Wildman–Crippen LogP) is 6.88. The van der Waals surface area contributed by atoms with Crippen molar-refractivity contribution in [3.8, 4) is 5.75 Å². The monoisotopic (exact) mass is 434 g/mol. The van der Waals surface area contributed by atoms with Gasteiger partial charge in [0.1, 0.15) is 11.3 Å². The van der Waals surface area contributed by atoms with Gasteiger partial charge in [0.2, 0.25) is 0 Å². The number of benzene rings is 2. The molecule has 0 aliphatic heterocycles. The highest BCUT2D eigenvalue weighted by molar-refractivity contribution is 7.10. The van der Waals surface area contributed by atoms with E-state index in [0.29, 0.717) is 11.1 Å². The summed E-state index contributed by atoms with van der Waals surface area (Å²) in [5.41, 5.74) is 0.266. The number of aromatic nitrogens is 1. The highest BCUT2D eigenvalue weighted by Gasteiger charge is 2.33. The molecule has 2 heterocycles. The number of aromatic hydroxyl groups is 1. The van der Waals surface area contributed by atoms with Crippen molar-refractivity contribution in [2.24, 2.45) is 0 Å². The normalized spacial score (nSPS) is 12.8. The van der Waals surface area contributed by atoms with Gasteiger partial charge in [0, 0.05) is 27.7 Å². The standard InChI is InChI=1S/C21H14ClF3N2OS/c22-16-8-6-13(11-15(16)21(23,24)25)27-19(17-4-2-10-29-17)14-7-5-12-3-1-9-26-18(12)20(14)28/h1-11,19,27-28H. The molecule has 148 valence electrons. The highest BCUT2D eigenvalue weighted by Crippen LogP contribution is 2.40. The van der Waals surface area contributed by atoms with E-state index in [1.165, 1.54) is 23.5 Å². The minimum atomic E-state index is -4.57. The van der Waals surface area contributed by atoms with Crippen LogP contribution in [0, 0.1) is 0 Å². The smallest absolute Gasteiger partial charge is 0.417 e. The summed E-state index contributed by atoms with van der Waals surface area (Å²) < 4.78 is 39.7. The Balaban J connectivity index is 1.80. The van der Waals surface area contributed by atoms with E-state index in [-0.39, 0.29) is 16.5 Å². The number of hydrogen-bond acceptors (Lipinski definition) is 4. The van der Waals surface area contributed by atoms with Crippen LogP contribution in [-0.4, -0.2) is 10.1 Å². The SMILES string of the molecule is Oc1c(C(Nc2ccc(Cl)c(C(F)(F)F)c2)c2cccs2)ccc2cccnc12. The number of thiophene rings is 1. The Morgan fingerprint density at radius 2 is 1.90 bits per heavy atom. The fraction of sp³-hybridized carbons (Fsp3) is 0.0952. The molecule has 0 spiro atoms. The Morgan fingerprint density at radius 3 is 2.62 bits per heavy atom. The van der Waals surface area contributed by atoms with E-state index in [9.17, 15) is 18.3 Å². The van der Waals surface area contributed by atoms with Crippen molar-refractivity contribution in [1.29, 1.82) is 0 Å². The van der Waals surface area contributed by atoms with Crippen molar-refractivity contribution in [1.82, 2.24) is 4.98 Å². The first kappa shape index (κ1) is 19.5. The summed E-state index contributed by atoms with van der Waals surface area (Å²) >= 11 is 7.16. The molecule has 0 aliphatic carbocycles.